The summed E-state index contributed by atoms with van der Waals surface area (Å²) in [5, 5.41) is 3.41. The lowest BCUT2D eigenvalue weighted by molar-refractivity contribution is 0.0404. The van der Waals surface area contributed by atoms with Crippen LogP contribution in [-0.4, -0.2) is 19.7 Å². The van der Waals surface area contributed by atoms with Crippen LogP contribution in [0.1, 0.15) is 32.8 Å². The first-order valence-electron chi connectivity index (χ1n) is 6.52. The second-order valence-corrected chi connectivity index (χ2v) is 4.92. The van der Waals surface area contributed by atoms with E-state index in [0.717, 1.165) is 26.1 Å². The van der Waals surface area contributed by atoms with Gasteiger partial charge in [0.1, 0.15) is 0 Å². The molecule has 2 heteroatoms. The highest BCUT2D eigenvalue weighted by Crippen LogP contribution is 2.20. The summed E-state index contributed by atoms with van der Waals surface area (Å²) in [7, 11) is 0. The Morgan fingerprint density at radius 1 is 1.18 bits per heavy atom. The molecule has 17 heavy (non-hydrogen) atoms. The molecule has 0 heterocycles. The first-order valence-corrected chi connectivity index (χ1v) is 6.52. The van der Waals surface area contributed by atoms with Crippen molar-refractivity contribution >= 4 is 0 Å². The van der Waals surface area contributed by atoms with E-state index in [-0.39, 0.29) is 5.41 Å². The Labute approximate surface area is 105 Å². The van der Waals surface area contributed by atoms with Crippen molar-refractivity contribution in [2.45, 2.75) is 33.8 Å². The minimum absolute atomic E-state index is 0.241. The Kier molecular flexibility index (Phi) is 6.23. The highest BCUT2D eigenvalue weighted by molar-refractivity contribution is 5.13. The molecule has 1 aromatic carbocycles. The molecule has 0 radical (unpaired) electrons. The molecule has 0 saturated carbocycles. The second-order valence-electron chi connectivity index (χ2n) is 4.92. The molecule has 1 rings (SSSR count). The van der Waals surface area contributed by atoms with Crippen LogP contribution >= 0.6 is 0 Å². The maximum Gasteiger partial charge on any atom is 0.0717 e. The van der Waals surface area contributed by atoms with Crippen molar-refractivity contribution in [1.29, 1.82) is 0 Å². The summed E-state index contributed by atoms with van der Waals surface area (Å²) in [5.74, 6) is 0. The number of rotatable bonds is 8. The van der Waals surface area contributed by atoms with Gasteiger partial charge in [-0.15, -0.1) is 0 Å². The van der Waals surface area contributed by atoms with Gasteiger partial charge in [0.05, 0.1) is 13.2 Å². The smallest absolute Gasteiger partial charge is 0.0717 e. The minimum Gasteiger partial charge on any atom is -0.376 e. The molecule has 0 aliphatic heterocycles. The highest BCUT2D eigenvalue weighted by Gasteiger charge is 2.21. The normalized spacial score (nSPS) is 14.5. The lowest BCUT2D eigenvalue weighted by atomic mass is 9.88. The van der Waals surface area contributed by atoms with E-state index in [0.29, 0.717) is 6.61 Å². The lowest BCUT2D eigenvalue weighted by Gasteiger charge is -2.28. The van der Waals surface area contributed by atoms with E-state index in [2.05, 4.69) is 50.4 Å². The monoisotopic (exact) mass is 235 g/mol. The quantitative estimate of drug-likeness (QED) is 0.747. The first-order chi connectivity index (χ1) is 8.20. The molecule has 2 nitrogen and oxygen atoms in total. The summed E-state index contributed by atoms with van der Waals surface area (Å²) in [6.45, 7) is 10.2. The molecule has 0 fully saturated rings. The van der Waals surface area contributed by atoms with Gasteiger partial charge in [0, 0.05) is 12.0 Å². The van der Waals surface area contributed by atoms with Crippen molar-refractivity contribution in [1.82, 2.24) is 5.32 Å². The van der Waals surface area contributed by atoms with Crippen LogP contribution < -0.4 is 5.32 Å². The molecule has 1 atom stereocenters. The predicted octanol–water partition coefficient (Wildman–Crippen LogP) is 3.23. The molecule has 0 aliphatic carbocycles. The average molecular weight is 235 g/mol. The molecule has 1 aromatic rings. The third kappa shape index (κ3) is 5.33. The fourth-order valence-electron chi connectivity index (χ4n) is 1.69. The number of ether oxygens (including phenoxy) is 1. The molecule has 0 spiro atoms. The molecular weight excluding hydrogens is 210 g/mol. The largest absolute Gasteiger partial charge is 0.376 e. The van der Waals surface area contributed by atoms with Crippen LogP contribution in [0.15, 0.2) is 30.3 Å². The minimum atomic E-state index is 0.241. The van der Waals surface area contributed by atoms with Gasteiger partial charge in [0.25, 0.3) is 0 Å². The molecule has 0 aliphatic rings. The summed E-state index contributed by atoms with van der Waals surface area (Å²) in [4.78, 5) is 0. The van der Waals surface area contributed by atoms with Gasteiger partial charge < -0.3 is 10.1 Å². The van der Waals surface area contributed by atoms with Gasteiger partial charge in [-0.25, -0.2) is 0 Å². The Bertz CT molecular complexity index is 299. The van der Waals surface area contributed by atoms with Gasteiger partial charge >= 0.3 is 0 Å². The van der Waals surface area contributed by atoms with Gasteiger partial charge in [0.15, 0.2) is 0 Å². The van der Waals surface area contributed by atoms with E-state index in [9.17, 15) is 0 Å². The van der Waals surface area contributed by atoms with Crippen LogP contribution in [0.5, 0.6) is 0 Å². The van der Waals surface area contributed by atoms with Gasteiger partial charge in [-0.1, -0.05) is 51.1 Å². The summed E-state index contributed by atoms with van der Waals surface area (Å²) >= 11 is 0. The summed E-state index contributed by atoms with van der Waals surface area (Å²) < 4.78 is 5.83. The molecule has 1 unspecified atom stereocenters. The Balaban J connectivity index is 2.32. The molecule has 0 amide bonds. The van der Waals surface area contributed by atoms with Crippen molar-refractivity contribution in [2.75, 3.05) is 19.7 Å². The number of nitrogens with one attached hydrogen (secondary N) is 1. The predicted molar refractivity (Wildman–Crippen MR) is 73.0 cm³/mol. The van der Waals surface area contributed by atoms with Gasteiger partial charge in [-0.3, -0.25) is 0 Å². The van der Waals surface area contributed by atoms with Crippen LogP contribution in [0.25, 0.3) is 0 Å². The molecule has 96 valence electrons. The van der Waals surface area contributed by atoms with Gasteiger partial charge in [0.2, 0.25) is 0 Å². The van der Waals surface area contributed by atoms with E-state index >= 15 is 0 Å². The van der Waals surface area contributed by atoms with Crippen molar-refractivity contribution in [2.24, 2.45) is 5.41 Å². The van der Waals surface area contributed by atoms with Crippen LogP contribution in [-0.2, 0) is 11.3 Å². The first kappa shape index (κ1) is 14.2. The maximum atomic E-state index is 5.83. The van der Waals surface area contributed by atoms with Crippen LogP contribution in [0, 0.1) is 5.41 Å². The Morgan fingerprint density at radius 3 is 2.47 bits per heavy atom. The van der Waals surface area contributed by atoms with E-state index in [1.165, 1.54) is 5.56 Å². The SMILES string of the molecule is CCNCC(C)(CC)COCc1ccccc1. The van der Waals surface area contributed by atoms with Crippen molar-refractivity contribution in [3.63, 3.8) is 0 Å². The molecule has 0 bridgehead atoms. The Morgan fingerprint density at radius 2 is 1.88 bits per heavy atom. The van der Waals surface area contributed by atoms with Crippen LogP contribution in [0.3, 0.4) is 0 Å². The van der Waals surface area contributed by atoms with Crippen molar-refractivity contribution in [3.8, 4) is 0 Å². The molecule has 0 aromatic heterocycles. The van der Waals surface area contributed by atoms with E-state index < -0.39 is 0 Å². The fraction of sp³-hybridized carbons (Fsp3) is 0.600. The van der Waals surface area contributed by atoms with Gasteiger partial charge in [-0.05, 0) is 18.5 Å². The van der Waals surface area contributed by atoms with Crippen LogP contribution in [0.4, 0.5) is 0 Å². The molecule has 1 N–H and O–H groups in total. The number of hydrogen-bond acceptors (Lipinski definition) is 2. The van der Waals surface area contributed by atoms with Crippen LogP contribution in [0.2, 0.25) is 0 Å². The number of hydrogen-bond donors (Lipinski definition) is 1. The molecule has 0 saturated heterocycles. The van der Waals surface area contributed by atoms with E-state index in [1.807, 2.05) is 6.07 Å². The lowest BCUT2D eigenvalue weighted by Crippen LogP contribution is -2.35. The van der Waals surface area contributed by atoms with Gasteiger partial charge in [-0.2, -0.15) is 0 Å². The molecular formula is C15H25NO. The fourth-order valence-corrected chi connectivity index (χ4v) is 1.69. The average Bonchev–Trinajstić information content (AvgIpc) is 2.38. The zero-order chi connectivity index (χ0) is 12.6. The summed E-state index contributed by atoms with van der Waals surface area (Å²) in [6.07, 6.45) is 1.13. The zero-order valence-electron chi connectivity index (χ0n) is 11.3. The van der Waals surface area contributed by atoms with Crippen molar-refractivity contribution in [3.05, 3.63) is 35.9 Å². The number of benzene rings is 1. The summed E-state index contributed by atoms with van der Waals surface area (Å²) in [6, 6.07) is 10.3. The van der Waals surface area contributed by atoms with Crippen molar-refractivity contribution < 1.29 is 4.74 Å². The maximum absolute atomic E-state index is 5.83. The topological polar surface area (TPSA) is 21.3 Å². The third-order valence-corrected chi connectivity index (χ3v) is 3.22. The van der Waals surface area contributed by atoms with E-state index in [4.69, 9.17) is 4.74 Å². The summed E-state index contributed by atoms with van der Waals surface area (Å²) in [5.41, 5.74) is 1.49. The zero-order valence-corrected chi connectivity index (χ0v) is 11.3. The second kappa shape index (κ2) is 7.46. The standard InChI is InChI=1S/C15H25NO/c1-4-15(3,12-16-5-2)13-17-11-14-9-7-6-8-10-14/h6-10,16H,4-5,11-13H2,1-3H3. The van der Waals surface area contributed by atoms with E-state index in [1.54, 1.807) is 0 Å². The third-order valence-electron chi connectivity index (χ3n) is 3.22. The highest BCUT2D eigenvalue weighted by atomic mass is 16.5. The Hall–Kier alpha value is -0.860.